The van der Waals surface area contributed by atoms with E-state index in [1.807, 2.05) is 6.92 Å². The fourth-order valence-corrected chi connectivity index (χ4v) is 1.80. The predicted octanol–water partition coefficient (Wildman–Crippen LogP) is 1.23. The fraction of sp³-hybridized carbons (Fsp3) is 0.357. The topological polar surface area (TPSA) is 85.2 Å². The summed E-state index contributed by atoms with van der Waals surface area (Å²) >= 11 is 0. The highest BCUT2D eigenvalue weighted by Gasteiger charge is 2.11. The van der Waals surface area contributed by atoms with Crippen LogP contribution in [0.25, 0.3) is 11.1 Å². The van der Waals surface area contributed by atoms with Crippen LogP contribution in [0.4, 0.5) is 0 Å². The molecular weight excluding hydrogens is 260 g/mol. The van der Waals surface area contributed by atoms with Crippen molar-refractivity contribution >= 4 is 11.1 Å². The smallest absolute Gasteiger partial charge is 0.337 e. The number of H-pyrrole nitrogens is 1. The SMILES string of the molecule is CC#CCCOc1nc2oc(=O)cc(CC)c2c(=O)[nH]1. The summed E-state index contributed by atoms with van der Waals surface area (Å²) in [6.45, 7) is 3.88. The molecular formula is C14H14N2O4. The highest BCUT2D eigenvalue weighted by atomic mass is 16.5. The van der Waals surface area contributed by atoms with Crippen molar-refractivity contribution in [3.8, 4) is 17.9 Å². The van der Waals surface area contributed by atoms with Gasteiger partial charge in [-0.2, -0.15) is 4.98 Å². The Morgan fingerprint density at radius 1 is 1.45 bits per heavy atom. The summed E-state index contributed by atoms with van der Waals surface area (Å²) in [6, 6.07) is 1.33. The number of rotatable bonds is 4. The molecule has 0 bridgehead atoms. The van der Waals surface area contributed by atoms with Gasteiger partial charge >= 0.3 is 5.63 Å². The third kappa shape index (κ3) is 2.88. The fourth-order valence-electron chi connectivity index (χ4n) is 1.80. The minimum Gasteiger partial charge on any atom is -0.464 e. The van der Waals surface area contributed by atoms with Crippen LogP contribution in [-0.4, -0.2) is 16.6 Å². The molecule has 6 heteroatoms. The maximum atomic E-state index is 12.0. The summed E-state index contributed by atoms with van der Waals surface area (Å²) in [5.41, 5.74) is -0.314. The number of hydrogen-bond acceptors (Lipinski definition) is 5. The highest BCUT2D eigenvalue weighted by molar-refractivity contribution is 5.75. The first kappa shape index (κ1) is 13.9. The van der Waals surface area contributed by atoms with Crippen LogP contribution < -0.4 is 15.9 Å². The lowest BCUT2D eigenvalue weighted by molar-refractivity contribution is 0.299. The summed E-state index contributed by atoms with van der Waals surface area (Å²) in [6.07, 6.45) is 1.07. The average Bonchev–Trinajstić information content (AvgIpc) is 2.42. The van der Waals surface area contributed by atoms with E-state index in [0.29, 0.717) is 25.0 Å². The molecule has 2 aromatic heterocycles. The zero-order chi connectivity index (χ0) is 14.5. The summed E-state index contributed by atoms with van der Waals surface area (Å²) in [7, 11) is 0. The molecule has 0 aliphatic carbocycles. The van der Waals surface area contributed by atoms with Crippen molar-refractivity contribution in [2.75, 3.05) is 6.61 Å². The molecule has 0 atom stereocenters. The van der Waals surface area contributed by atoms with Gasteiger partial charge in [0.1, 0.15) is 12.0 Å². The van der Waals surface area contributed by atoms with E-state index >= 15 is 0 Å². The number of aryl methyl sites for hydroxylation is 1. The van der Waals surface area contributed by atoms with Gasteiger partial charge in [-0.1, -0.05) is 6.92 Å². The van der Waals surface area contributed by atoms with Crippen LogP contribution in [0, 0.1) is 11.8 Å². The van der Waals surface area contributed by atoms with Crippen LogP contribution in [0.1, 0.15) is 25.8 Å². The van der Waals surface area contributed by atoms with Gasteiger partial charge in [-0.15, -0.1) is 11.8 Å². The molecule has 0 spiro atoms. The standard InChI is InChI=1S/C14H14N2O4/c1-3-5-6-7-19-14-15-12(18)11-9(4-2)8-10(17)20-13(11)16-14/h8H,4,6-7H2,1-2H3,(H,15,16,18). The number of ether oxygens (including phenoxy) is 1. The molecule has 104 valence electrons. The van der Waals surface area contributed by atoms with Crippen molar-refractivity contribution in [3.05, 3.63) is 32.4 Å². The second kappa shape index (κ2) is 6.06. The minimum atomic E-state index is -0.532. The Kier molecular flexibility index (Phi) is 4.20. The summed E-state index contributed by atoms with van der Waals surface area (Å²) in [5, 5.41) is 0.285. The lowest BCUT2D eigenvalue weighted by Gasteiger charge is -2.05. The largest absolute Gasteiger partial charge is 0.464 e. The molecule has 6 nitrogen and oxygen atoms in total. The first-order chi connectivity index (χ1) is 9.65. The zero-order valence-corrected chi connectivity index (χ0v) is 11.3. The Morgan fingerprint density at radius 2 is 2.25 bits per heavy atom. The minimum absolute atomic E-state index is 0.00493. The van der Waals surface area contributed by atoms with Gasteiger partial charge in [0.2, 0.25) is 5.71 Å². The second-order valence-corrected chi connectivity index (χ2v) is 4.02. The Labute approximate surface area is 114 Å². The lowest BCUT2D eigenvalue weighted by Crippen LogP contribution is -2.15. The average molecular weight is 274 g/mol. The van der Waals surface area contributed by atoms with Gasteiger partial charge in [0.05, 0.1) is 0 Å². The molecule has 0 aromatic carbocycles. The van der Waals surface area contributed by atoms with Crippen molar-refractivity contribution in [1.29, 1.82) is 0 Å². The Morgan fingerprint density at radius 3 is 2.95 bits per heavy atom. The Balaban J connectivity index is 2.43. The summed E-state index contributed by atoms with van der Waals surface area (Å²) < 4.78 is 10.2. The van der Waals surface area contributed by atoms with E-state index in [9.17, 15) is 9.59 Å². The normalized spacial score (nSPS) is 10.1. The van der Waals surface area contributed by atoms with Crippen LogP contribution in [0.2, 0.25) is 0 Å². The Bertz CT molecular complexity index is 793. The van der Waals surface area contributed by atoms with E-state index < -0.39 is 5.63 Å². The first-order valence-corrected chi connectivity index (χ1v) is 6.25. The summed E-state index contributed by atoms with van der Waals surface area (Å²) in [4.78, 5) is 30.0. The van der Waals surface area contributed by atoms with Crippen LogP contribution >= 0.6 is 0 Å². The van der Waals surface area contributed by atoms with Gasteiger partial charge in [-0.05, 0) is 18.9 Å². The number of fused-ring (bicyclic) bond motifs is 1. The monoisotopic (exact) mass is 274 g/mol. The van der Waals surface area contributed by atoms with E-state index in [2.05, 4.69) is 21.8 Å². The van der Waals surface area contributed by atoms with Gasteiger partial charge < -0.3 is 9.15 Å². The number of nitrogens with one attached hydrogen (secondary N) is 1. The maximum absolute atomic E-state index is 12.0. The van der Waals surface area contributed by atoms with Crippen molar-refractivity contribution in [2.45, 2.75) is 26.7 Å². The molecule has 0 saturated heterocycles. The van der Waals surface area contributed by atoms with Gasteiger partial charge in [-0.3, -0.25) is 9.78 Å². The van der Waals surface area contributed by atoms with Crippen molar-refractivity contribution in [2.24, 2.45) is 0 Å². The summed E-state index contributed by atoms with van der Waals surface area (Å²) in [5.74, 6) is 5.56. The van der Waals surface area contributed by atoms with E-state index in [1.165, 1.54) is 6.07 Å². The van der Waals surface area contributed by atoms with Crippen molar-refractivity contribution in [1.82, 2.24) is 9.97 Å². The van der Waals surface area contributed by atoms with E-state index in [-0.39, 0.29) is 22.7 Å². The molecule has 20 heavy (non-hydrogen) atoms. The van der Waals surface area contributed by atoms with Gasteiger partial charge in [0.15, 0.2) is 0 Å². The molecule has 0 amide bonds. The lowest BCUT2D eigenvalue weighted by atomic mass is 10.1. The van der Waals surface area contributed by atoms with Gasteiger partial charge in [-0.25, -0.2) is 4.79 Å². The van der Waals surface area contributed by atoms with Crippen molar-refractivity contribution < 1.29 is 9.15 Å². The van der Waals surface area contributed by atoms with E-state index in [4.69, 9.17) is 9.15 Å². The van der Waals surface area contributed by atoms with Crippen LogP contribution in [-0.2, 0) is 6.42 Å². The van der Waals surface area contributed by atoms with Gasteiger partial charge in [0, 0.05) is 12.5 Å². The molecule has 0 aliphatic rings. The molecule has 2 aromatic rings. The molecule has 0 aliphatic heterocycles. The van der Waals surface area contributed by atoms with E-state index in [0.717, 1.165) is 0 Å². The molecule has 1 N–H and O–H groups in total. The molecule has 2 rings (SSSR count). The first-order valence-electron chi connectivity index (χ1n) is 6.25. The third-order valence-corrected chi connectivity index (χ3v) is 2.70. The second-order valence-electron chi connectivity index (χ2n) is 4.02. The van der Waals surface area contributed by atoms with Crippen molar-refractivity contribution in [3.63, 3.8) is 0 Å². The number of hydrogen-bond donors (Lipinski definition) is 1. The maximum Gasteiger partial charge on any atom is 0.337 e. The molecule has 0 fully saturated rings. The Hall–Kier alpha value is -2.55. The van der Waals surface area contributed by atoms with Crippen LogP contribution in [0.5, 0.6) is 6.01 Å². The van der Waals surface area contributed by atoms with Crippen LogP contribution in [0.3, 0.4) is 0 Å². The quantitative estimate of drug-likeness (QED) is 0.669. The number of aromatic nitrogens is 2. The van der Waals surface area contributed by atoms with E-state index in [1.54, 1.807) is 6.92 Å². The highest BCUT2D eigenvalue weighted by Crippen LogP contribution is 2.13. The predicted molar refractivity (Wildman–Crippen MR) is 73.8 cm³/mol. The zero-order valence-electron chi connectivity index (χ0n) is 11.3. The molecule has 2 heterocycles. The molecule has 0 saturated carbocycles. The number of nitrogens with zero attached hydrogens (tertiary/aromatic N) is 1. The number of aromatic amines is 1. The third-order valence-electron chi connectivity index (χ3n) is 2.70. The van der Waals surface area contributed by atoms with Crippen LogP contribution in [0.15, 0.2) is 20.1 Å². The van der Waals surface area contributed by atoms with Gasteiger partial charge in [0.25, 0.3) is 11.6 Å². The molecule has 0 radical (unpaired) electrons. The molecule has 0 unspecified atom stereocenters.